The zero-order chi connectivity index (χ0) is 8.27. The number of anilines is 1. The second kappa shape index (κ2) is 3.39. The van der Waals surface area contributed by atoms with Crippen molar-refractivity contribution in [2.45, 2.75) is 6.42 Å². The maximum Gasteiger partial charge on any atom is 0.226 e. The summed E-state index contributed by atoms with van der Waals surface area (Å²) in [6.45, 7) is 0. The van der Waals surface area contributed by atoms with Gasteiger partial charge in [0.15, 0.2) is 0 Å². The van der Waals surface area contributed by atoms with Crippen LogP contribution in [0.3, 0.4) is 0 Å². The molecular weight excluding hydrogens is 162 g/mol. The Bertz CT molecular complexity index is 273. The molecule has 0 amide bonds. The van der Waals surface area contributed by atoms with Crippen LogP contribution in [-0.2, 0) is 11.2 Å². The molecule has 0 aromatic heterocycles. The average molecular weight is 170 g/mol. The summed E-state index contributed by atoms with van der Waals surface area (Å²) in [5.41, 5.74) is 6.96. The molecule has 0 radical (unpaired) electrons. The summed E-state index contributed by atoms with van der Waals surface area (Å²) in [5, 5.41) is -0.386. The summed E-state index contributed by atoms with van der Waals surface area (Å²) in [5.74, 6) is 0. The Hall–Kier alpha value is -1.02. The minimum atomic E-state index is -0.386. The Labute approximate surface area is 70.0 Å². The lowest BCUT2D eigenvalue weighted by Gasteiger charge is -1.99. The van der Waals surface area contributed by atoms with Crippen LogP contribution in [0.4, 0.5) is 5.69 Å². The van der Waals surface area contributed by atoms with E-state index in [9.17, 15) is 4.79 Å². The Morgan fingerprint density at radius 3 is 2.64 bits per heavy atom. The number of rotatable bonds is 2. The number of hydrogen-bond acceptors (Lipinski definition) is 2. The minimum Gasteiger partial charge on any atom is -0.398 e. The monoisotopic (exact) mass is 169 g/mol. The van der Waals surface area contributed by atoms with Crippen LogP contribution in [0.1, 0.15) is 5.56 Å². The number of nitrogen functional groups attached to an aromatic ring is 1. The van der Waals surface area contributed by atoms with Crippen molar-refractivity contribution < 1.29 is 4.79 Å². The quantitative estimate of drug-likeness (QED) is 0.540. The van der Waals surface area contributed by atoms with Gasteiger partial charge in [-0.2, -0.15) is 0 Å². The van der Waals surface area contributed by atoms with Gasteiger partial charge >= 0.3 is 0 Å². The van der Waals surface area contributed by atoms with Gasteiger partial charge in [0.2, 0.25) is 5.24 Å². The molecule has 0 aliphatic carbocycles. The highest BCUT2D eigenvalue weighted by atomic mass is 35.5. The fourth-order valence-electron chi connectivity index (χ4n) is 0.845. The number of nitrogens with two attached hydrogens (primary N) is 1. The molecule has 0 saturated heterocycles. The predicted molar refractivity (Wildman–Crippen MR) is 45.4 cm³/mol. The molecule has 2 nitrogen and oxygen atoms in total. The normalized spacial score (nSPS) is 9.55. The van der Waals surface area contributed by atoms with E-state index < -0.39 is 0 Å². The van der Waals surface area contributed by atoms with E-state index in [0.717, 1.165) is 5.56 Å². The van der Waals surface area contributed by atoms with Crippen molar-refractivity contribution in [2.75, 3.05) is 5.73 Å². The van der Waals surface area contributed by atoms with Gasteiger partial charge in [0.1, 0.15) is 0 Å². The van der Waals surface area contributed by atoms with Gasteiger partial charge in [-0.15, -0.1) is 0 Å². The highest BCUT2D eigenvalue weighted by Crippen LogP contribution is 2.11. The Balaban J connectivity index is 2.86. The summed E-state index contributed by atoms with van der Waals surface area (Å²) in [7, 11) is 0. The van der Waals surface area contributed by atoms with E-state index in [1.54, 1.807) is 12.1 Å². The molecule has 0 aliphatic heterocycles. The highest BCUT2D eigenvalue weighted by Gasteiger charge is 2.01. The number of halogens is 1. The lowest BCUT2D eigenvalue weighted by molar-refractivity contribution is -0.111. The SMILES string of the molecule is Nc1ccccc1CC(=O)Cl. The molecule has 0 spiro atoms. The van der Waals surface area contributed by atoms with Gasteiger partial charge in [0.25, 0.3) is 0 Å². The first-order valence-electron chi connectivity index (χ1n) is 3.22. The van der Waals surface area contributed by atoms with Crippen molar-refractivity contribution in [3.05, 3.63) is 29.8 Å². The van der Waals surface area contributed by atoms with Crippen LogP contribution >= 0.6 is 11.6 Å². The summed E-state index contributed by atoms with van der Waals surface area (Å²) >= 11 is 5.19. The van der Waals surface area contributed by atoms with Crippen LogP contribution in [0.5, 0.6) is 0 Å². The molecule has 11 heavy (non-hydrogen) atoms. The van der Waals surface area contributed by atoms with Gasteiger partial charge in [-0.1, -0.05) is 18.2 Å². The van der Waals surface area contributed by atoms with Gasteiger partial charge in [0, 0.05) is 12.1 Å². The summed E-state index contributed by atoms with van der Waals surface area (Å²) in [4.78, 5) is 10.5. The molecule has 0 bridgehead atoms. The molecule has 0 atom stereocenters. The fourth-order valence-corrected chi connectivity index (χ4v) is 0.989. The lowest BCUT2D eigenvalue weighted by Crippen LogP contribution is -1.98. The Morgan fingerprint density at radius 2 is 2.09 bits per heavy atom. The molecule has 58 valence electrons. The molecule has 0 saturated carbocycles. The number of hydrogen-bond donors (Lipinski definition) is 1. The molecule has 1 aromatic carbocycles. The zero-order valence-corrected chi connectivity index (χ0v) is 6.64. The zero-order valence-electron chi connectivity index (χ0n) is 5.88. The highest BCUT2D eigenvalue weighted by molar-refractivity contribution is 6.63. The van der Waals surface area contributed by atoms with Crippen molar-refractivity contribution in [1.29, 1.82) is 0 Å². The largest absolute Gasteiger partial charge is 0.398 e. The van der Waals surface area contributed by atoms with Crippen molar-refractivity contribution in [1.82, 2.24) is 0 Å². The van der Waals surface area contributed by atoms with E-state index in [1.165, 1.54) is 0 Å². The maximum absolute atomic E-state index is 10.5. The van der Waals surface area contributed by atoms with Crippen molar-refractivity contribution in [3.8, 4) is 0 Å². The van der Waals surface area contributed by atoms with Crippen LogP contribution in [0.25, 0.3) is 0 Å². The second-order valence-corrected chi connectivity index (χ2v) is 2.65. The Morgan fingerprint density at radius 1 is 1.45 bits per heavy atom. The molecule has 0 heterocycles. The van der Waals surface area contributed by atoms with Gasteiger partial charge < -0.3 is 5.73 Å². The van der Waals surface area contributed by atoms with Crippen molar-refractivity contribution in [2.24, 2.45) is 0 Å². The number of carbonyl (C=O) groups excluding carboxylic acids is 1. The van der Waals surface area contributed by atoms with Gasteiger partial charge in [-0.3, -0.25) is 4.79 Å². The molecular formula is C8H8ClNO. The van der Waals surface area contributed by atoms with E-state index in [0.29, 0.717) is 5.69 Å². The first kappa shape index (κ1) is 8.08. The van der Waals surface area contributed by atoms with E-state index >= 15 is 0 Å². The van der Waals surface area contributed by atoms with Crippen LogP contribution in [0.2, 0.25) is 0 Å². The van der Waals surface area contributed by atoms with Gasteiger partial charge in [0.05, 0.1) is 0 Å². The summed E-state index contributed by atoms with van der Waals surface area (Å²) < 4.78 is 0. The second-order valence-electron chi connectivity index (χ2n) is 2.23. The van der Waals surface area contributed by atoms with E-state index in [4.69, 9.17) is 17.3 Å². The average Bonchev–Trinajstić information content (AvgIpc) is 1.93. The molecule has 1 aromatic rings. The van der Waals surface area contributed by atoms with E-state index in [-0.39, 0.29) is 11.7 Å². The van der Waals surface area contributed by atoms with Gasteiger partial charge in [-0.05, 0) is 23.2 Å². The van der Waals surface area contributed by atoms with Crippen LogP contribution in [0, 0.1) is 0 Å². The molecule has 2 N–H and O–H groups in total. The lowest BCUT2D eigenvalue weighted by atomic mass is 10.1. The smallest absolute Gasteiger partial charge is 0.226 e. The van der Waals surface area contributed by atoms with Crippen LogP contribution in [0.15, 0.2) is 24.3 Å². The topological polar surface area (TPSA) is 43.1 Å². The first-order valence-corrected chi connectivity index (χ1v) is 3.59. The fraction of sp³-hybridized carbons (Fsp3) is 0.125. The van der Waals surface area contributed by atoms with Crippen molar-refractivity contribution in [3.63, 3.8) is 0 Å². The van der Waals surface area contributed by atoms with Crippen LogP contribution in [-0.4, -0.2) is 5.24 Å². The van der Waals surface area contributed by atoms with Crippen molar-refractivity contribution >= 4 is 22.5 Å². The summed E-state index contributed by atoms with van der Waals surface area (Å²) in [6.07, 6.45) is 0.203. The minimum absolute atomic E-state index is 0.203. The van der Waals surface area contributed by atoms with E-state index in [2.05, 4.69) is 0 Å². The number of benzene rings is 1. The Kier molecular flexibility index (Phi) is 2.49. The molecule has 0 unspecified atom stereocenters. The first-order chi connectivity index (χ1) is 5.20. The number of carbonyl (C=O) groups is 1. The molecule has 1 rings (SSSR count). The third-order valence-corrected chi connectivity index (χ3v) is 1.52. The standard InChI is InChI=1S/C8H8ClNO/c9-8(11)5-6-3-1-2-4-7(6)10/h1-4H,5,10H2. The predicted octanol–water partition coefficient (Wildman–Crippen LogP) is 1.58. The van der Waals surface area contributed by atoms with Gasteiger partial charge in [-0.25, -0.2) is 0 Å². The summed E-state index contributed by atoms with van der Waals surface area (Å²) in [6, 6.07) is 7.17. The molecule has 0 aliphatic rings. The third-order valence-electron chi connectivity index (χ3n) is 1.38. The third kappa shape index (κ3) is 2.24. The number of para-hydroxylation sites is 1. The maximum atomic E-state index is 10.5. The molecule has 0 fully saturated rings. The molecule has 3 heteroatoms. The van der Waals surface area contributed by atoms with E-state index in [1.807, 2.05) is 12.1 Å². The van der Waals surface area contributed by atoms with Crippen LogP contribution < -0.4 is 5.73 Å².